The number of anilines is 3. The lowest BCUT2D eigenvalue weighted by Crippen LogP contribution is -2.52. The molecule has 3 aliphatic rings. The number of likely N-dealkylation sites (N-methyl/N-ethyl adjacent to an activating group) is 1. The highest BCUT2D eigenvalue weighted by atomic mass is 35.5. The highest BCUT2D eigenvalue weighted by Gasteiger charge is 2.32. The van der Waals surface area contributed by atoms with Gasteiger partial charge in [-0.2, -0.15) is 0 Å². The van der Waals surface area contributed by atoms with Gasteiger partial charge in [0.1, 0.15) is 17.5 Å². The number of hydrogen-bond donors (Lipinski definition) is 10. The second-order valence-corrected chi connectivity index (χ2v) is 20.0. The average Bonchev–Trinajstić information content (AvgIpc) is 3.01. The molecule has 4 heterocycles. The standard InChI is InChI=1S/C57H68N14O10.CH3Cl/c1-35(8-7-26-71-49(72)19-20-50(71)73)60-24-25-61-44(11-5-22-62-55(58)78)52(75)67-45(12-6-23-63-56(59)79)53(76)64-38-15-13-36(14-16-38)51(74)65-39-17-18-43-37(32-39)33-46(66-43)54(77)70-27-21-41-40-9-3-4-10-42(40)48(34-47(41)70)81-57(80)69-30-28-68(2)29-31-69;1-2/h3-4,9-10,13-20,32-34,44-45,60-61,66H,1,5-8,11-12,21-31H2,2H3,(H,64,76)(H,65,74)(H,67,75)(H3,58,62,78)(H3,59,63,79);1H3/t44-,45-;/m0./s1. The zero-order valence-corrected chi connectivity index (χ0v) is 47.2. The number of carbonyl (C=O) groups is 9. The molecule has 24 nitrogen and oxygen atoms in total. The molecule has 1 fully saturated rings. The topological polar surface area (TPSA) is 328 Å². The van der Waals surface area contributed by atoms with Crippen molar-refractivity contribution >= 4 is 104 Å². The lowest BCUT2D eigenvalue weighted by Gasteiger charge is -2.31. The van der Waals surface area contributed by atoms with Gasteiger partial charge >= 0.3 is 18.2 Å². The average molecular weight is 1160 g/mol. The number of halogens is 1. The Labute approximate surface area is 485 Å². The van der Waals surface area contributed by atoms with Gasteiger partial charge in [0.2, 0.25) is 11.8 Å². The van der Waals surface area contributed by atoms with Gasteiger partial charge in [0, 0.05) is 129 Å². The van der Waals surface area contributed by atoms with Crippen LogP contribution in [0.4, 0.5) is 31.4 Å². The molecular formula is C58H71ClN14O10. The summed E-state index contributed by atoms with van der Waals surface area (Å²) in [6.45, 7) is 8.29. The van der Waals surface area contributed by atoms with Crippen LogP contribution in [0.3, 0.4) is 0 Å². The number of piperazine rings is 1. The number of fused-ring (bicyclic) bond motifs is 4. The van der Waals surface area contributed by atoms with Crippen LogP contribution in [0.1, 0.15) is 64.9 Å². The van der Waals surface area contributed by atoms with Crippen LogP contribution in [-0.2, 0) is 25.6 Å². The van der Waals surface area contributed by atoms with E-state index >= 15 is 0 Å². The zero-order chi connectivity index (χ0) is 59.6. The summed E-state index contributed by atoms with van der Waals surface area (Å²) in [5, 5.41) is 22.3. The first-order valence-corrected chi connectivity index (χ1v) is 28.1. The molecule has 1 aromatic heterocycles. The van der Waals surface area contributed by atoms with Crippen molar-refractivity contribution in [3.63, 3.8) is 0 Å². The number of alkyl halides is 1. The summed E-state index contributed by atoms with van der Waals surface area (Å²) < 4.78 is 6.02. The summed E-state index contributed by atoms with van der Waals surface area (Å²) in [6.07, 6.45) is 6.14. The Kier molecular flexibility index (Phi) is 22.0. The Bertz CT molecular complexity index is 3230. The fourth-order valence-electron chi connectivity index (χ4n) is 9.87. The number of urea groups is 2. The van der Waals surface area contributed by atoms with Crippen molar-refractivity contribution in [3.05, 3.63) is 120 Å². The Morgan fingerprint density at radius 1 is 0.711 bits per heavy atom. The third kappa shape index (κ3) is 16.8. The number of nitrogens with two attached hydrogens (primary N) is 2. The van der Waals surface area contributed by atoms with E-state index in [9.17, 15) is 43.2 Å². The van der Waals surface area contributed by atoms with Gasteiger partial charge in [-0.05, 0) is 111 Å². The molecule has 0 radical (unpaired) electrons. The van der Waals surface area contributed by atoms with E-state index in [-0.39, 0.29) is 62.2 Å². The van der Waals surface area contributed by atoms with Crippen LogP contribution in [0.15, 0.2) is 103 Å². The summed E-state index contributed by atoms with van der Waals surface area (Å²) in [7, 11) is 2.01. The van der Waals surface area contributed by atoms with Crippen molar-refractivity contribution in [2.75, 3.05) is 94.4 Å². The molecule has 12 N–H and O–H groups in total. The minimum Gasteiger partial charge on any atom is -0.409 e. The van der Waals surface area contributed by atoms with Crippen LogP contribution in [0.5, 0.6) is 5.75 Å². The summed E-state index contributed by atoms with van der Waals surface area (Å²) in [4.78, 5) is 125. The van der Waals surface area contributed by atoms with E-state index in [1.807, 2.05) is 31.3 Å². The van der Waals surface area contributed by atoms with Gasteiger partial charge in [-0.25, -0.2) is 14.4 Å². The number of benzene rings is 4. The number of primary amides is 2. The molecular weight excluding hydrogens is 1090 g/mol. The van der Waals surface area contributed by atoms with Gasteiger partial charge in [-0.1, -0.05) is 30.8 Å². The first-order chi connectivity index (χ1) is 40.0. The number of rotatable bonds is 25. The number of ether oxygens (including phenoxy) is 1. The predicted molar refractivity (Wildman–Crippen MR) is 317 cm³/mol. The maximum Gasteiger partial charge on any atom is 0.415 e. The van der Waals surface area contributed by atoms with Crippen molar-refractivity contribution < 1.29 is 47.9 Å². The second-order valence-electron chi connectivity index (χ2n) is 20.0. The number of hydrogen-bond acceptors (Lipinski definition) is 13. The van der Waals surface area contributed by atoms with E-state index in [4.69, 9.17) is 16.2 Å². The van der Waals surface area contributed by atoms with Gasteiger partial charge in [-0.3, -0.25) is 33.7 Å². The normalized spacial score (nSPS) is 14.5. The highest BCUT2D eigenvalue weighted by Crippen LogP contribution is 2.41. The van der Waals surface area contributed by atoms with Crippen LogP contribution in [0.2, 0.25) is 0 Å². The fourth-order valence-corrected chi connectivity index (χ4v) is 9.87. The zero-order valence-electron chi connectivity index (χ0n) is 46.4. The van der Waals surface area contributed by atoms with Gasteiger partial charge in [0.15, 0.2) is 0 Å². The smallest absolute Gasteiger partial charge is 0.409 e. The second kappa shape index (κ2) is 29.6. The summed E-state index contributed by atoms with van der Waals surface area (Å²) in [6, 6.07) is 19.3. The lowest BCUT2D eigenvalue weighted by molar-refractivity contribution is -0.136. The number of carbonyl (C=O) groups excluding carboxylic acids is 9. The van der Waals surface area contributed by atoms with E-state index in [1.165, 1.54) is 30.7 Å². The number of amides is 11. The molecule has 11 amide bonds. The Hall–Kier alpha value is -9.00. The molecule has 0 spiro atoms. The van der Waals surface area contributed by atoms with Crippen LogP contribution < -0.4 is 58.3 Å². The van der Waals surface area contributed by atoms with Crippen LogP contribution in [-0.4, -0.2) is 164 Å². The molecule has 0 unspecified atom stereocenters. The number of nitrogens with one attached hydrogen (secondary N) is 8. The van der Waals surface area contributed by atoms with E-state index in [0.29, 0.717) is 104 Å². The fraction of sp³-hybridized carbons (Fsp3) is 0.362. The molecule has 0 aliphatic carbocycles. The highest BCUT2D eigenvalue weighted by molar-refractivity contribution is 6.15. The molecule has 3 aliphatic heterocycles. The summed E-state index contributed by atoms with van der Waals surface area (Å²) >= 11 is 4.64. The van der Waals surface area contributed by atoms with Crippen molar-refractivity contribution in [1.82, 2.24) is 46.3 Å². The van der Waals surface area contributed by atoms with Crippen molar-refractivity contribution in [2.24, 2.45) is 11.5 Å². The number of allylic oxidation sites excluding steroid dienone is 1. The van der Waals surface area contributed by atoms with Crippen molar-refractivity contribution in [2.45, 2.75) is 57.0 Å². The minimum absolute atomic E-state index is 0.113. The third-order valence-electron chi connectivity index (χ3n) is 14.2. The van der Waals surface area contributed by atoms with Gasteiger partial charge in [-0.15, -0.1) is 11.6 Å². The number of aromatic nitrogens is 1. The van der Waals surface area contributed by atoms with Crippen molar-refractivity contribution in [3.8, 4) is 5.75 Å². The SMILES string of the molecule is C=C(CCCN1C(=O)C=CC1=O)NCCN[C@@H](CCCNC(N)=O)C(=O)N[C@@H](CCCNC(N)=O)C(=O)Nc1ccc(C(=O)Nc2ccc3[nH]c(C(=O)N4CCc5c4cc(OC(=O)N4CCN(C)CC4)c4ccccc54)cc3c2)cc1.CCl. The quantitative estimate of drug-likeness (QED) is 0.0220. The first-order valence-electron chi connectivity index (χ1n) is 27.3. The molecule has 4 aromatic carbocycles. The third-order valence-corrected chi connectivity index (χ3v) is 14.2. The first kappa shape index (κ1) is 61.6. The molecule has 8 rings (SSSR count). The van der Waals surface area contributed by atoms with Gasteiger partial charge in [0.25, 0.3) is 23.6 Å². The molecule has 83 heavy (non-hydrogen) atoms. The molecule has 0 bridgehead atoms. The van der Waals surface area contributed by atoms with Crippen LogP contribution >= 0.6 is 11.6 Å². The number of imide groups is 1. The molecule has 2 atom stereocenters. The largest absolute Gasteiger partial charge is 0.415 e. The molecule has 440 valence electrons. The Balaban J connectivity index is 0.00000490. The van der Waals surface area contributed by atoms with Crippen LogP contribution in [0.25, 0.3) is 21.7 Å². The maximum absolute atomic E-state index is 14.3. The monoisotopic (exact) mass is 1160 g/mol. The molecule has 0 saturated carbocycles. The van der Waals surface area contributed by atoms with Crippen molar-refractivity contribution in [1.29, 1.82) is 0 Å². The Morgan fingerprint density at radius 2 is 1.36 bits per heavy atom. The number of H-pyrrole nitrogens is 1. The lowest BCUT2D eigenvalue weighted by atomic mass is 10.0. The summed E-state index contributed by atoms with van der Waals surface area (Å²) in [5.74, 6) is -2.09. The van der Waals surface area contributed by atoms with E-state index in [2.05, 4.69) is 65.3 Å². The Morgan fingerprint density at radius 3 is 2.04 bits per heavy atom. The van der Waals surface area contributed by atoms with Crippen LogP contribution in [0, 0.1) is 0 Å². The number of nitrogens with zero attached hydrogens (tertiary/aromatic N) is 4. The predicted octanol–water partition coefficient (Wildman–Crippen LogP) is 4.46. The van der Waals surface area contributed by atoms with Gasteiger partial charge < -0.3 is 73.1 Å². The van der Waals surface area contributed by atoms with E-state index in [0.717, 1.165) is 34.3 Å². The molecule has 1 saturated heterocycles. The molecule has 25 heteroatoms. The van der Waals surface area contributed by atoms with E-state index < -0.39 is 48.0 Å². The molecule has 5 aromatic rings. The minimum atomic E-state index is -1.08. The number of aromatic amines is 1. The van der Waals surface area contributed by atoms with Gasteiger partial charge in [0.05, 0.1) is 11.7 Å². The maximum atomic E-state index is 14.3. The summed E-state index contributed by atoms with van der Waals surface area (Å²) in [5.41, 5.74) is 14.9. The van der Waals surface area contributed by atoms with E-state index in [1.54, 1.807) is 52.3 Å².